The van der Waals surface area contributed by atoms with E-state index in [4.69, 9.17) is 9.15 Å². The molecule has 2 aromatic carbocycles. The zero-order valence-electron chi connectivity index (χ0n) is 14.8. The van der Waals surface area contributed by atoms with Gasteiger partial charge in [0.15, 0.2) is 11.7 Å². The Morgan fingerprint density at radius 3 is 2.58 bits per heavy atom. The second-order valence-corrected chi connectivity index (χ2v) is 6.22. The molecule has 3 aromatic rings. The van der Waals surface area contributed by atoms with E-state index in [-0.39, 0.29) is 12.3 Å². The number of carbonyl (C=O) groups is 2. The Bertz CT molecular complexity index is 1040. The molecule has 0 saturated heterocycles. The van der Waals surface area contributed by atoms with Crippen molar-refractivity contribution in [3.05, 3.63) is 69.7 Å². The molecule has 0 amide bonds. The summed E-state index contributed by atoms with van der Waals surface area (Å²) in [6.07, 6.45) is -0.946. The second-order valence-electron chi connectivity index (χ2n) is 6.22. The summed E-state index contributed by atoms with van der Waals surface area (Å²) in [5.41, 5.74) is 3.45. The summed E-state index contributed by atoms with van der Waals surface area (Å²) >= 11 is 0. The second kappa shape index (κ2) is 7.00. The summed E-state index contributed by atoms with van der Waals surface area (Å²) in [6, 6.07) is 12.1. The van der Waals surface area contributed by atoms with Crippen LogP contribution in [0.15, 0.2) is 51.7 Å². The van der Waals surface area contributed by atoms with E-state index in [2.05, 4.69) is 0 Å². The topological polar surface area (TPSA) is 78.5 Å². The van der Waals surface area contributed by atoms with E-state index in [9.17, 15) is 14.4 Å². The Kier molecular flexibility index (Phi) is 4.75. The fourth-order valence-corrected chi connectivity index (χ4v) is 2.71. The fraction of sp³-hybridized carbons (Fsp3) is 0.250. The standard InChI is InChI=1S/C20H19NO5/c1-12-8-9-15(10-13(12)2)19(23)14(3)25-18(22)11-21-16-6-4-5-7-17(16)26-20(21)24/h4-10,14H,11H2,1-3H3/t14-/m1/s1. The third-order valence-electron chi connectivity index (χ3n) is 4.33. The lowest BCUT2D eigenvalue weighted by Gasteiger charge is -2.13. The molecule has 26 heavy (non-hydrogen) atoms. The lowest BCUT2D eigenvalue weighted by Crippen LogP contribution is -2.28. The average Bonchev–Trinajstić information content (AvgIpc) is 2.92. The Labute approximate surface area is 150 Å². The van der Waals surface area contributed by atoms with Crippen LogP contribution in [0.4, 0.5) is 0 Å². The third kappa shape index (κ3) is 3.44. The number of hydrogen-bond acceptors (Lipinski definition) is 5. The number of fused-ring (bicyclic) bond motifs is 1. The minimum absolute atomic E-state index is 0.286. The van der Waals surface area contributed by atoms with Crippen molar-refractivity contribution in [2.24, 2.45) is 0 Å². The highest BCUT2D eigenvalue weighted by Crippen LogP contribution is 2.14. The van der Waals surface area contributed by atoms with Gasteiger partial charge in [0.1, 0.15) is 6.54 Å². The largest absolute Gasteiger partial charge is 0.453 e. The van der Waals surface area contributed by atoms with Crippen LogP contribution in [0.3, 0.4) is 0 Å². The van der Waals surface area contributed by atoms with Crippen LogP contribution in [0.25, 0.3) is 11.1 Å². The highest BCUT2D eigenvalue weighted by Gasteiger charge is 2.21. The van der Waals surface area contributed by atoms with Gasteiger partial charge < -0.3 is 9.15 Å². The van der Waals surface area contributed by atoms with Gasteiger partial charge >= 0.3 is 11.7 Å². The molecule has 0 aliphatic heterocycles. The fourth-order valence-electron chi connectivity index (χ4n) is 2.71. The smallest absolute Gasteiger partial charge is 0.420 e. The van der Waals surface area contributed by atoms with E-state index in [1.165, 1.54) is 11.5 Å². The summed E-state index contributed by atoms with van der Waals surface area (Å²) in [6.45, 7) is 5.07. The first-order chi connectivity index (χ1) is 12.4. The number of hydrogen-bond donors (Lipinski definition) is 0. The predicted octanol–water partition coefficient (Wildman–Crippen LogP) is 3.03. The molecule has 0 saturated carbocycles. The molecular weight excluding hydrogens is 334 g/mol. The number of carbonyl (C=O) groups excluding carboxylic acids is 2. The number of ether oxygens (including phenoxy) is 1. The first-order valence-corrected chi connectivity index (χ1v) is 8.26. The Morgan fingerprint density at radius 2 is 1.85 bits per heavy atom. The van der Waals surface area contributed by atoms with Crippen molar-refractivity contribution in [2.75, 3.05) is 0 Å². The number of rotatable bonds is 5. The van der Waals surface area contributed by atoms with Crippen molar-refractivity contribution in [3.63, 3.8) is 0 Å². The molecule has 0 bridgehead atoms. The maximum atomic E-state index is 12.5. The van der Waals surface area contributed by atoms with Crippen LogP contribution in [-0.4, -0.2) is 22.4 Å². The van der Waals surface area contributed by atoms with Gasteiger partial charge in [-0.05, 0) is 50.1 Å². The van der Waals surface area contributed by atoms with Crippen molar-refractivity contribution in [3.8, 4) is 0 Å². The maximum absolute atomic E-state index is 12.5. The lowest BCUT2D eigenvalue weighted by molar-refractivity contribution is -0.147. The maximum Gasteiger partial charge on any atom is 0.420 e. The van der Waals surface area contributed by atoms with Crippen LogP contribution in [-0.2, 0) is 16.1 Å². The summed E-state index contributed by atoms with van der Waals surface area (Å²) < 4.78 is 11.5. The van der Waals surface area contributed by atoms with E-state index in [1.807, 2.05) is 19.9 Å². The molecule has 0 unspecified atom stereocenters. The van der Waals surface area contributed by atoms with E-state index in [0.717, 1.165) is 11.1 Å². The summed E-state index contributed by atoms with van der Waals surface area (Å²) in [5, 5.41) is 0. The number of benzene rings is 2. The number of Topliss-reactive ketones (excluding diaryl/α,β-unsaturated/α-hetero) is 1. The van der Waals surface area contributed by atoms with E-state index in [1.54, 1.807) is 36.4 Å². The molecule has 0 aliphatic carbocycles. The molecule has 0 spiro atoms. The molecule has 0 aliphatic rings. The van der Waals surface area contributed by atoms with Crippen molar-refractivity contribution in [1.82, 2.24) is 4.57 Å². The molecule has 1 aromatic heterocycles. The minimum Gasteiger partial charge on any atom is -0.453 e. The Hall–Kier alpha value is -3.15. The number of nitrogens with zero attached hydrogens (tertiary/aromatic N) is 1. The molecule has 0 fully saturated rings. The number of aromatic nitrogens is 1. The number of esters is 1. The summed E-state index contributed by atoms with van der Waals surface area (Å²) in [5.74, 6) is -1.61. The predicted molar refractivity (Wildman–Crippen MR) is 96.3 cm³/mol. The molecular formula is C20H19NO5. The quantitative estimate of drug-likeness (QED) is 0.520. The van der Waals surface area contributed by atoms with Gasteiger partial charge in [-0.2, -0.15) is 0 Å². The molecule has 1 atom stereocenters. The van der Waals surface area contributed by atoms with Crippen molar-refractivity contribution >= 4 is 22.9 Å². The van der Waals surface area contributed by atoms with Crippen LogP contribution in [0, 0.1) is 13.8 Å². The Morgan fingerprint density at radius 1 is 1.12 bits per heavy atom. The minimum atomic E-state index is -0.946. The number of ketones is 1. The van der Waals surface area contributed by atoms with Gasteiger partial charge in [-0.3, -0.25) is 14.2 Å². The van der Waals surface area contributed by atoms with Crippen molar-refractivity contribution < 1.29 is 18.7 Å². The SMILES string of the molecule is Cc1ccc(C(=O)[C@@H](C)OC(=O)Cn2c(=O)oc3ccccc32)cc1C. The Balaban J connectivity index is 1.72. The normalized spacial score (nSPS) is 12.1. The van der Waals surface area contributed by atoms with Crippen molar-refractivity contribution in [2.45, 2.75) is 33.4 Å². The van der Waals surface area contributed by atoms with Crippen molar-refractivity contribution in [1.29, 1.82) is 0 Å². The van der Waals surface area contributed by atoms with Gasteiger partial charge in [0.05, 0.1) is 5.52 Å². The van der Waals surface area contributed by atoms with Gasteiger partial charge in [-0.25, -0.2) is 4.79 Å². The van der Waals surface area contributed by atoms with Crippen LogP contribution in [0.2, 0.25) is 0 Å². The zero-order chi connectivity index (χ0) is 18.8. The molecule has 6 nitrogen and oxygen atoms in total. The van der Waals surface area contributed by atoms with Gasteiger partial charge in [0.25, 0.3) is 0 Å². The molecule has 0 radical (unpaired) electrons. The van der Waals surface area contributed by atoms with Crippen LogP contribution >= 0.6 is 0 Å². The van der Waals surface area contributed by atoms with Crippen LogP contribution < -0.4 is 5.76 Å². The monoisotopic (exact) mass is 353 g/mol. The first-order valence-electron chi connectivity index (χ1n) is 8.26. The van der Waals surface area contributed by atoms with Crippen LogP contribution in [0.5, 0.6) is 0 Å². The van der Waals surface area contributed by atoms with Crippen LogP contribution in [0.1, 0.15) is 28.4 Å². The zero-order valence-corrected chi connectivity index (χ0v) is 14.8. The number of oxazole rings is 1. The van der Waals surface area contributed by atoms with E-state index >= 15 is 0 Å². The average molecular weight is 353 g/mol. The number of aryl methyl sites for hydroxylation is 2. The molecule has 134 valence electrons. The molecule has 1 heterocycles. The molecule has 0 N–H and O–H groups in total. The lowest BCUT2D eigenvalue weighted by atomic mass is 10.0. The summed E-state index contributed by atoms with van der Waals surface area (Å²) in [4.78, 5) is 36.6. The van der Waals surface area contributed by atoms with E-state index < -0.39 is 17.8 Å². The highest BCUT2D eigenvalue weighted by atomic mass is 16.5. The third-order valence-corrected chi connectivity index (χ3v) is 4.33. The summed E-state index contributed by atoms with van der Waals surface area (Å²) in [7, 11) is 0. The van der Waals surface area contributed by atoms with Gasteiger partial charge in [-0.15, -0.1) is 0 Å². The molecule has 6 heteroatoms. The highest BCUT2D eigenvalue weighted by molar-refractivity contribution is 6.00. The number of para-hydroxylation sites is 2. The van der Waals surface area contributed by atoms with E-state index in [0.29, 0.717) is 16.7 Å². The van der Waals surface area contributed by atoms with Gasteiger partial charge in [0.2, 0.25) is 5.78 Å². The van der Waals surface area contributed by atoms with Gasteiger partial charge in [-0.1, -0.05) is 24.3 Å². The molecule has 3 rings (SSSR count). The first kappa shape index (κ1) is 17.7. The van der Waals surface area contributed by atoms with Gasteiger partial charge in [0, 0.05) is 5.56 Å².